The van der Waals surface area contributed by atoms with Gasteiger partial charge in [-0.1, -0.05) is 6.07 Å². The number of hydrogen-bond acceptors (Lipinski definition) is 4. The van der Waals surface area contributed by atoms with Crippen LogP contribution in [0.25, 0.3) is 11.0 Å². The number of imidazole rings is 1. The molecule has 1 aliphatic heterocycles. The number of nitrogens with zero attached hydrogens (tertiary/aromatic N) is 1. The van der Waals surface area contributed by atoms with E-state index in [1.165, 1.54) is 0 Å². The maximum Gasteiger partial charge on any atom is 0.250 e. The molecule has 1 atom stereocenters. The Kier molecular flexibility index (Phi) is 3.43. The van der Waals surface area contributed by atoms with Gasteiger partial charge in [-0.05, 0) is 17.7 Å². The molecular formula is C13H16N4O2. The summed E-state index contributed by atoms with van der Waals surface area (Å²) in [6, 6.07) is 5.89. The van der Waals surface area contributed by atoms with E-state index in [2.05, 4.69) is 20.6 Å². The van der Waals surface area contributed by atoms with Gasteiger partial charge in [0.05, 0.1) is 24.0 Å². The fraction of sp³-hybridized carbons (Fsp3) is 0.385. The minimum absolute atomic E-state index is 0.0723. The maximum absolute atomic E-state index is 11.9. The van der Waals surface area contributed by atoms with Crippen LogP contribution in [0.2, 0.25) is 0 Å². The van der Waals surface area contributed by atoms with Crippen molar-refractivity contribution in [3.63, 3.8) is 0 Å². The quantitative estimate of drug-likeness (QED) is 0.735. The number of amides is 1. The van der Waals surface area contributed by atoms with Crippen LogP contribution in [0, 0.1) is 0 Å². The second-order valence-electron chi connectivity index (χ2n) is 4.54. The number of nitrogens with one attached hydrogen (secondary N) is 3. The summed E-state index contributed by atoms with van der Waals surface area (Å²) in [4.78, 5) is 19.1. The van der Waals surface area contributed by atoms with E-state index in [1.54, 1.807) is 6.33 Å². The lowest BCUT2D eigenvalue weighted by atomic mass is 10.2. The van der Waals surface area contributed by atoms with Gasteiger partial charge >= 0.3 is 0 Å². The highest BCUT2D eigenvalue weighted by Gasteiger charge is 2.21. The van der Waals surface area contributed by atoms with Gasteiger partial charge in [-0.25, -0.2) is 4.98 Å². The number of fused-ring (bicyclic) bond motifs is 1. The standard InChI is InChI=1S/C13H16N4O2/c18-13(12-7-14-3-4-19-12)15-6-9-1-2-10-11(5-9)17-8-16-10/h1-2,5,8,12,14H,3-4,6-7H2,(H,15,18)(H,16,17). The Morgan fingerprint density at radius 3 is 3.32 bits per heavy atom. The fourth-order valence-electron chi connectivity index (χ4n) is 2.13. The molecule has 1 unspecified atom stereocenters. The third kappa shape index (κ3) is 2.74. The Labute approximate surface area is 110 Å². The van der Waals surface area contributed by atoms with Crippen molar-refractivity contribution in [2.24, 2.45) is 0 Å². The van der Waals surface area contributed by atoms with Crippen LogP contribution in [-0.2, 0) is 16.1 Å². The first-order valence-corrected chi connectivity index (χ1v) is 6.35. The molecule has 0 bridgehead atoms. The minimum Gasteiger partial charge on any atom is -0.366 e. The maximum atomic E-state index is 11.9. The second kappa shape index (κ2) is 5.38. The van der Waals surface area contributed by atoms with E-state index in [-0.39, 0.29) is 12.0 Å². The molecule has 3 N–H and O–H groups in total. The monoisotopic (exact) mass is 260 g/mol. The topological polar surface area (TPSA) is 79.0 Å². The summed E-state index contributed by atoms with van der Waals surface area (Å²) in [5.74, 6) is -0.0723. The third-order valence-corrected chi connectivity index (χ3v) is 3.17. The van der Waals surface area contributed by atoms with E-state index in [9.17, 15) is 4.79 Å². The highest BCUT2D eigenvalue weighted by Crippen LogP contribution is 2.11. The lowest BCUT2D eigenvalue weighted by molar-refractivity contribution is -0.134. The third-order valence-electron chi connectivity index (χ3n) is 3.17. The van der Waals surface area contributed by atoms with Gasteiger partial charge in [0, 0.05) is 19.6 Å². The molecule has 19 heavy (non-hydrogen) atoms. The van der Waals surface area contributed by atoms with Crippen molar-refractivity contribution < 1.29 is 9.53 Å². The Balaban J connectivity index is 1.60. The SMILES string of the molecule is O=C(NCc1ccc2nc[nH]c2c1)C1CNCCO1. The smallest absolute Gasteiger partial charge is 0.250 e. The number of ether oxygens (including phenoxy) is 1. The van der Waals surface area contributed by atoms with E-state index < -0.39 is 0 Å². The fourth-order valence-corrected chi connectivity index (χ4v) is 2.13. The summed E-state index contributed by atoms with van der Waals surface area (Å²) in [6.45, 7) is 2.46. The lowest BCUT2D eigenvalue weighted by Crippen LogP contribution is -2.47. The second-order valence-corrected chi connectivity index (χ2v) is 4.54. The highest BCUT2D eigenvalue weighted by atomic mass is 16.5. The predicted molar refractivity (Wildman–Crippen MR) is 70.6 cm³/mol. The molecule has 0 aliphatic carbocycles. The average molecular weight is 260 g/mol. The van der Waals surface area contributed by atoms with Crippen LogP contribution < -0.4 is 10.6 Å². The molecule has 0 radical (unpaired) electrons. The predicted octanol–water partition coefficient (Wildman–Crippen LogP) is 0.167. The van der Waals surface area contributed by atoms with Crippen molar-refractivity contribution >= 4 is 16.9 Å². The summed E-state index contributed by atoms with van der Waals surface area (Å²) in [7, 11) is 0. The molecule has 6 heteroatoms. The number of aromatic nitrogens is 2. The molecule has 1 amide bonds. The number of aromatic amines is 1. The van der Waals surface area contributed by atoms with Crippen molar-refractivity contribution in [3.8, 4) is 0 Å². The number of H-pyrrole nitrogens is 1. The molecule has 1 aliphatic rings. The molecule has 1 aromatic carbocycles. The van der Waals surface area contributed by atoms with Crippen LogP contribution in [0.15, 0.2) is 24.5 Å². The molecule has 100 valence electrons. The molecule has 0 spiro atoms. The number of rotatable bonds is 3. The molecule has 2 heterocycles. The van der Waals surface area contributed by atoms with Crippen molar-refractivity contribution in [3.05, 3.63) is 30.1 Å². The number of carbonyl (C=O) groups is 1. The number of carbonyl (C=O) groups excluding carboxylic acids is 1. The van der Waals surface area contributed by atoms with Gasteiger partial charge in [0.2, 0.25) is 0 Å². The van der Waals surface area contributed by atoms with Gasteiger partial charge in [-0.3, -0.25) is 4.79 Å². The molecule has 0 saturated carbocycles. The van der Waals surface area contributed by atoms with E-state index in [1.807, 2.05) is 18.2 Å². The van der Waals surface area contributed by atoms with Crippen molar-refractivity contribution in [2.45, 2.75) is 12.6 Å². The zero-order valence-electron chi connectivity index (χ0n) is 10.5. The van der Waals surface area contributed by atoms with E-state index in [0.717, 1.165) is 23.1 Å². The summed E-state index contributed by atoms with van der Waals surface area (Å²) in [5.41, 5.74) is 2.94. The molecule has 1 aromatic heterocycles. The van der Waals surface area contributed by atoms with Crippen LogP contribution in [0.3, 0.4) is 0 Å². The van der Waals surface area contributed by atoms with Crippen LogP contribution in [0.4, 0.5) is 0 Å². The number of benzene rings is 1. The molecule has 1 saturated heterocycles. The molecule has 2 aromatic rings. The van der Waals surface area contributed by atoms with Gasteiger partial charge in [0.15, 0.2) is 0 Å². The molecule has 3 rings (SSSR count). The number of hydrogen-bond donors (Lipinski definition) is 3. The van der Waals surface area contributed by atoms with E-state index in [4.69, 9.17) is 4.74 Å². The Hall–Kier alpha value is -1.92. The summed E-state index contributed by atoms with van der Waals surface area (Å²) in [5, 5.41) is 6.02. The zero-order valence-corrected chi connectivity index (χ0v) is 10.5. The summed E-state index contributed by atoms with van der Waals surface area (Å²) in [6.07, 6.45) is 1.28. The Morgan fingerprint density at radius 2 is 2.47 bits per heavy atom. The number of morpholine rings is 1. The molecule has 1 fully saturated rings. The molecule has 6 nitrogen and oxygen atoms in total. The van der Waals surface area contributed by atoms with Crippen molar-refractivity contribution in [1.82, 2.24) is 20.6 Å². The van der Waals surface area contributed by atoms with Gasteiger partial charge in [0.1, 0.15) is 6.10 Å². The van der Waals surface area contributed by atoms with E-state index >= 15 is 0 Å². The van der Waals surface area contributed by atoms with Crippen LogP contribution in [-0.4, -0.2) is 41.7 Å². The van der Waals surface area contributed by atoms with Crippen LogP contribution >= 0.6 is 0 Å². The van der Waals surface area contributed by atoms with E-state index in [0.29, 0.717) is 19.7 Å². The van der Waals surface area contributed by atoms with Crippen LogP contribution in [0.1, 0.15) is 5.56 Å². The van der Waals surface area contributed by atoms with Crippen LogP contribution in [0.5, 0.6) is 0 Å². The Bertz CT molecular complexity index is 575. The van der Waals surface area contributed by atoms with Gasteiger partial charge in [0.25, 0.3) is 5.91 Å². The Morgan fingerprint density at radius 1 is 1.53 bits per heavy atom. The largest absolute Gasteiger partial charge is 0.366 e. The van der Waals surface area contributed by atoms with Gasteiger partial charge in [-0.15, -0.1) is 0 Å². The van der Waals surface area contributed by atoms with Gasteiger partial charge in [-0.2, -0.15) is 0 Å². The van der Waals surface area contributed by atoms with Crippen molar-refractivity contribution in [1.29, 1.82) is 0 Å². The highest BCUT2D eigenvalue weighted by molar-refractivity contribution is 5.81. The van der Waals surface area contributed by atoms with Crippen molar-refractivity contribution in [2.75, 3.05) is 19.7 Å². The first-order chi connectivity index (χ1) is 9.33. The first kappa shape index (κ1) is 12.1. The van der Waals surface area contributed by atoms with Gasteiger partial charge < -0.3 is 20.4 Å². The minimum atomic E-state index is -0.385. The normalized spacial score (nSPS) is 19.5. The lowest BCUT2D eigenvalue weighted by Gasteiger charge is -2.22. The average Bonchev–Trinajstić information content (AvgIpc) is 2.93. The summed E-state index contributed by atoms with van der Waals surface area (Å²) >= 11 is 0. The summed E-state index contributed by atoms with van der Waals surface area (Å²) < 4.78 is 5.40. The first-order valence-electron chi connectivity index (χ1n) is 6.35. The zero-order chi connectivity index (χ0) is 13.1. The molecular weight excluding hydrogens is 244 g/mol.